The molecule has 0 aromatic heterocycles. The Bertz CT molecular complexity index is 675. The molecule has 166 valence electrons. The van der Waals surface area contributed by atoms with E-state index in [2.05, 4.69) is 40.2 Å². The summed E-state index contributed by atoms with van der Waals surface area (Å²) in [5.41, 5.74) is 1.33. The third-order valence-corrected chi connectivity index (χ3v) is 6.73. The molecule has 0 spiro atoms. The summed E-state index contributed by atoms with van der Waals surface area (Å²) in [6.45, 7) is 4.35. The number of hydrogen-bond acceptors (Lipinski definition) is 4. The van der Waals surface area contributed by atoms with E-state index < -0.39 is 0 Å². The Balaban J connectivity index is 1.56. The summed E-state index contributed by atoms with van der Waals surface area (Å²) < 4.78 is 0. The molecule has 1 heterocycles. The molecule has 1 aliphatic heterocycles. The zero-order valence-corrected chi connectivity index (χ0v) is 18.5. The highest BCUT2D eigenvalue weighted by Gasteiger charge is 2.38. The lowest BCUT2D eigenvalue weighted by Crippen LogP contribution is -2.56. The molecule has 6 heteroatoms. The van der Waals surface area contributed by atoms with E-state index in [0.29, 0.717) is 0 Å². The van der Waals surface area contributed by atoms with Crippen LogP contribution in [0.3, 0.4) is 0 Å². The SMILES string of the molecule is CN[C@@H](C)C(=O)N[C@H](C(=O)N1CCC[C@H]1CNCCc1ccccc1)C1CCCC1. The summed E-state index contributed by atoms with van der Waals surface area (Å²) in [4.78, 5) is 28.1. The second kappa shape index (κ2) is 11.5. The Labute approximate surface area is 181 Å². The predicted octanol–water partition coefficient (Wildman–Crippen LogP) is 2.09. The number of carbonyl (C=O) groups excluding carboxylic acids is 2. The first-order valence-electron chi connectivity index (χ1n) is 11.6. The molecule has 30 heavy (non-hydrogen) atoms. The molecule has 3 rings (SSSR count). The van der Waals surface area contributed by atoms with Gasteiger partial charge in [-0.2, -0.15) is 0 Å². The molecule has 6 nitrogen and oxygen atoms in total. The van der Waals surface area contributed by atoms with Crippen LogP contribution in [0, 0.1) is 5.92 Å². The van der Waals surface area contributed by atoms with E-state index in [0.717, 1.165) is 64.6 Å². The number of likely N-dealkylation sites (tertiary alicyclic amines) is 1. The van der Waals surface area contributed by atoms with Gasteiger partial charge in [0.05, 0.1) is 6.04 Å². The Morgan fingerprint density at radius 3 is 2.53 bits per heavy atom. The minimum Gasteiger partial charge on any atom is -0.343 e. The number of hydrogen-bond donors (Lipinski definition) is 3. The highest BCUT2D eigenvalue weighted by molar-refractivity contribution is 5.90. The maximum absolute atomic E-state index is 13.5. The molecular weight excluding hydrogens is 376 g/mol. The van der Waals surface area contributed by atoms with Crippen molar-refractivity contribution >= 4 is 11.8 Å². The Morgan fingerprint density at radius 2 is 1.83 bits per heavy atom. The summed E-state index contributed by atoms with van der Waals surface area (Å²) in [6.07, 6.45) is 7.41. The van der Waals surface area contributed by atoms with Gasteiger partial charge in [-0.15, -0.1) is 0 Å². The summed E-state index contributed by atoms with van der Waals surface area (Å²) in [7, 11) is 1.77. The molecule has 2 fully saturated rings. The number of amides is 2. The van der Waals surface area contributed by atoms with Crippen molar-refractivity contribution in [1.29, 1.82) is 0 Å². The van der Waals surface area contributed by atoms with Crippen LogP contribution in [-0.2, 0) is 16.0 Å². The van der Waals surface area contributed by atoms with E-state index in [1.807, 2.05) is 17.9 Å². The van der Waals surface area contributed by atoms with Crippen molar-refractivity contribution in [2.45, 2.75) is 70.0 Å². The minimum absolute atomic E-state index is 0.0838. The van der Waals surface area contributed by atoms with Crippen molar-refractivity contribution in [3.05, 3.63) is 35.9 Å². The van der Waals surface area contributed by atoms with Crippen molar-refractivity contribution in [3.63, 3.8) is 0 Å². The number of benzene rings is 1. The van der Waals surface area contributed by atoms with Gasteiger partial charge in [0.2, 0.25) is 11.8 Å². The standard InChI is InChI=1S/C24H38N4O2/c1-18(25-2)23(29)27-22(20-11-6-7-12-20)24(30)28-16-8-13-21(28)17-26-15-14-19-9-4-3-5-10-19/h3-5,9-10,18,20-22,25-26H,6-8,11-17H2,1-2H3,(H,27,29)/t18-,21-,22-/m0/s1. The van der Waals surface area contributed by atoms with E-state index in [1.165, 1.54) is 5.56 Å². The summed E-state index contributed by atoms with van der Waals surface area (Å²) in [6, 6.07) is 10.0. The largest absolute Gasteiger partial charge is 0.343 e. The quantitative estimate of drug-likeness (QED) is 0.513. The maximum atomic E-state index is 13.5. The van der Waals surface area contributed by atoms with Gasteiger partial charge in [0.1, 0.15) is 6.04 Å². The highest BCUT2D eigenvalue weighted by Crippen LogP contribution is 2.30. The highest BCUT2D eigenvalue weighted by atomic mass is 16.2. The van der Waals surface area contributed by atoms with Crippen LogP contribution in [0.1, 0.15) is 51.0 Å². The van der Waals surface area contributed by atoms with Crippen LogP contribution >= 0.6 is 0 Å². The van der Waals surface area contributed by atoms with Crippen LogP contribution in [0.5, 0.6) is 0 Å². The first-order valence-corrected chi connectivity index (χ1v) is 11.6. The lowest BCUT2D eigenvalue weighted by Gasteiger charge is -2.32. The maximum Gasteiger partial charge on any atom is 0.245 e. The fourth-order valence-corrected chi connectivity index (χ4v) is 4.74. The van der Waals surface area contributed by atoms with E-state index in [1.54, 1.807) is 7.05 Å². The lowest BCUT2D eigenvalue weighted by atomic mass is 9.96. The van der Waals surface area contributed by atoms with Crippen molar-refractivity contribution in [3.8, 4) is 0 Å². The Hall–Kier alpha value is -1.92. The molecule has 2 aliphatic rings. The van der Waals surface area contributed by atoms with Gasteiger partial charge in [0.25, 0.3) is 0 Å². The van der Waals surface area contributed by atoms with Crippen molar-refractivity contribution < 1.29 is 9.59 Å². The smallest absolute Gasteiger partial charge is 0.245 e. The second-order valence-corrected chi connectivity index (χ2v) is 8.81. The van der Waals surface area contributed by atoms with Gasteiger partial charge in [-0.1, -0.05) is 43.2 Å². The van der Waals surface area contributed by atoms with Gasteiger partial charge >= 0.3 is 0 Å². The topological polar surface area (TPSA) is 73.5 Å². The molecule has 1 aromatic carbocycles. The van der Waals surface area contributed by atoms with E-state index >= 15 is 0 Å². The first-order chi connectivity index (χ1) is 14.6. The Morgan fingerprint density at radius 1 is 1.10 bits per heavy atom. The monoisotopic (exact) mass is 414 g/mol. The molecule has 0 bridgehead atoms. The number of rotatable bonds is 10. The van der Waals surface area contributed by atoms with E-state index in [4.69, 9.17) is 0 Å². The van der Waals surface area contributed by atoms with Crippen LogP contribution in [0.15, 0.2) is 30.3 Å². The van der Waals surface area contributed by atoms with Crippen molar-refractivity contribution in [1.82, 2.24) is 20.9 Å². The number of likely N-dealkylation sites (N-methyl/N-ethyl adjacent to an activating group) is 1. The van der Waals surface area contributed by atoms with E-state index in [9.17, 15) is 9.59 Å². The fourth-order valence-electron chi connectivity index (χ4n) is 4.74. The summed E-state index contributed by atoms with van der Waals surface area (Å²) in [5, 5.41) is 9.61. The molecule has 0 radical (unpaired) electrons. The lowest BCUT2D eigenvalue weighted by molar-refractivity contribution is -0.139. The van der Waals surface area contributed by atoms with Gasteiger partial charge < -0.3 is 20.9 Å². The molecule has 2 amide bonds. The minimum atomic E-state index is -0.388. The van der Waals surface area contributed by atoms with Crippen LogP contribution in [-0.4, -0.2) is 61.5 Å². The molecule has 1 saturated carbocycles. The van der Waals surface area contributed by atoms with Gasteiger partial charge in [-0.3, -0.25) is 9.59 Å². The summed E-state index contributed by atoms with van der Waals surface area (Å²) >= 11 is 0. The molecule has 0 unspecified atom stereocenters. The normalized spacial score (nSPS) is 21.5. The van der Waals surface area contributed by atoms with Gasteiger partial charge in [-0.25, -0.2) is 0 Å². The van der Waals surface area contributed by atoms with Crippen molar-refractivity contribution in [2.24, 2.45) is 5.92 Å². The molecule has 3 N–H and O–H groups in total. The van der Waals surface area contributed by atoms with Crippen LogP contribution < -0.4 is 16.0 Å². The zero-order chi connectivity index (χ0) is 21.3. The average Bonchev–Trinajstić information content (AvgIpc) is 3.46. The fraction of sp³-hybridized carbons (Fsp3) is 0.667. The number of nitrogens with zero attached hydrogens (tertiary/aromatic N) is 1. The van der Waals surface area contributed by atoms with Crippen molar-refractivity contribution in [2.75, 3.05) is 26.7 Å². The average molecular weight is 415 g/mol. The van der Waals surface area contributed by atoms with E-state index in [-0.39, 0.29) is 35.9 Å². The summed E-state index contributed by atoms with van der Waals surface area (Å²) in [5.74, 6) is 0.295. The number of nitrogens with one attached hydrogen (secondary N) is 3. The van der Waals surface area contributed by atoms with Crippen LogP contribution in [0.4, 0.5) is 0 Å². The molecule has 3 atom stereocenters. The second-order valence-electron chi connectivity index (χ2n) is 8.81. The van der Waals surface area contributed by atoms with Crippen LogP contribution in [0.2, 0.25) is 0 Å². The molecule has 1 aliphatic carbocycles. The third-order valence-electron chi connectivity index (χ3n) is 6.73. The van der Waals surface area contributed by atoms with Gasteiger partial charge in [0.15, 0.2) is 0 Å². The molecule has 1 saturated heterocycles. The predicted molar refractivity (Wildman–Crippen MR) is 120 cm³/mol. The van der Waals surface area contributed by atoms with Gasteiger partial charge in [-0.05, 0) is 64.1 Å². The third kappa shape index (κ3) is 6.05. The van der Waals surface area contributed by atoms with Gasteiger partial charge in [0, 0.05) is 19.1 Å². The molecular formula is C24H38N4O2. The number of carbonyl (C=O) groups is 2. The zero-order valence-electron chi connectivity index (χ0n) is 18.5. The molecule has 1 aromatic rings. The first kappa shape index (κ1) is 22.8. The Kier molecular flexibility index (Phi) is 8.70. The van der Waals surface area contributed by atoms with Crippen LogP contribution in [0.25, 0.3) is 0 Å².